The molecule has 0 fully saturated rings. The lowest BCUT2D eigenvalue weighted by Gasteiger charge is -2.22. The molecule has 0 radical (unpaired) electrons. The van der Waals surface area contributed by atoms with E-state index in [1.807, 2.05) is 49.2 Å². The zero-order chi connectivity index (χ0) is 14.0. The fourth-order valence-electron chi connectivity index (χ4n) is 1.87. The molecule has 0 unspecified atom stereocenters. The average molecular weight is 319 g/mol. The van der Waals surface area contributed by atoms with Crippen molar-refractivity contribution in [3.05, 3.63) is 52.1 Å². The Bertz CT molecular complexity index is 625. The number of anilines is 2. The smallest absolute Gasteiger partial charge is 0.147 e. The molecular weight excluding hydrogens is 304 g/mol. The second-order valence-corrected chi connectivity index (χ2v) is 5.05. The lowest BCUT2D eigenvalue weighted by molar-refractivity contribution is 1.10. The topological polar surface area (TPSA) is 66.0 Å². The summed E-state index contributed by atoms with van der Waals surface area (Å²) >= 11 is 3.55. The number of para-hydroxylation sites is 1. The van der Waals surface area contributed by atoms with E-state index in [1.54, 1.807) is 6.20 Å². The number of halogens is 1. The van der Waals surface area contributed by atoms with Gasteiger partial charge in [0, 0.05) is 18.8 Å². The van der Waals surface area contributed by atoms with E-state index in [0.717, 1.165) is 21.5 Å². The van der Waals surface area contributed by atoms with Crippen LogP contribution in [0.15, 0.2) is 41.0 Å². The third kappa shape index (κ3) is 2.61. The zero-order valence-corrected chi connectivity index (χ0v) is 12.4. The highest BCUT2D eigenvalue weighted by atomic mass is 79.9. The van der Waals surface area contributed by atoms with Crippen LogP contribution in [-0.2, 0) is 0 Å². The molecule has 0 aliphatic carbocycles. The first-order valence-corrected chi connectivity index (χ1v) is 6.60. The van der Waals surface area contributed by atoms with Crippen LogP contribution in [0.2, 0.25) is 0 Å². The number of pyridine rings is 1. The Labute approximate surface area is 120 Å². The van der Waals surface area contributed by atoms with Gasteiger partial charge >= 0.3 is 0 Å². The van der Waals surface area contributed by atoms with Crippen LogP contribution in [0.4, 0.5) is 11.5 Å². The molecule has 19 heavy (non-hydrogen) atoms. The molecular formula is C14H15BrN4. The summed E-state index contributed by atoms with van der Waals surface area (Å²) in [5.41, 5.74) is 8.28. The van der Waals surface area contributed by atoms with Gasteiger partial charge < -0.3 is 10.6 Å². The Morgan fingerprint density at radius 1 is 1.32 bits per heavy atom. The van der Waals surface area contributed by atoms with E-state index in [0.29, 0.717) is 5.56 Å². The highest BCUT2D eigenvalue weighted by Crippen LogP contribution is 2.32. The Morgan fingerprint density at radius 2 is 2.00 bits per heavy atom. The molecule has 98 valence electrons. The van der Waals surface area contributed by atoms with Crippen LogP contribution in [0.1, 0.15) is 11.1 Å². The van der Waals surface area contributed by atoms with Crippen LogP contribution in [0.3, 0.4) is 0 Å². The molecule has 0 saturated heterocycles. The van der Waals surface area contributed by atoms with Gasteiger partial charge in [0.15, 0.2) is 0 Å². The van der Waals surface area contributed by atoms with Gasteiger partial charge in [-0.15, -0.1) is 0 Å². The van der Waals surface area contributed by atoms with Gasteiger partial charge in [0.1, 0.15) is 11.7 Å². The predicted octanol–water partition coefficient (Wildman–Crippen LogP) is 3.20. The lowest BCUT2D eigenvalue weighted by atomic mass is 10.1. The summed E-state index contributed by atoms with van der Waals surface area (Å²) in [5, 5.41) is 7.65. The second kappa shape index (κ2) is 5.40. The maximum Gasteiger partial charge on any atom is 0.147 e. The van der Waals surface area contributed by atoms with E-state index in [4.69, 9.17) is 11.1 Å². The van der Waals surface area contributed by atoms with E-state index in [1.165, 1.54) is 0 Å². The van der Waals surface area contributed by atoms with Gasteiger partial charge in [-0.25, -0.2) is 4.98 Å². The minimum Gasteiger partial charge on any atom is -0.384 e. The van der Waals surface area contributed by atoms with Gasteiger partial charge in [0.2, 0.25) is 0 Å². The number of benzene rings is 1. The van der Waals surface area contributed by atoms with Crippen LogP contribution >= 0.6 is 15.9 Å². The first kappa shape index (κ1) is 13.5. The van der Waals surface area contributed by atoms with Crippen LogP contribution in [-0.4, -0.2) is 17.9 Å². The standard InChI is InChI=1S/C14H15BrN4/c1-9-7-8-18-14(12(9)15)19(2)11-6-4-3-5-10(11)13(16)17/h3-8H,1-2H3,(H3,16,17). The van der Waals surface area contributed by atoms with Crippen molar-refractivity contribution < 1.29 is 0 Å². The Hall–Kier alpha value is -1.88. The van der Waals surface area contributed by atoms with Crippen molar-refractivity contribution in [2.45, 2.75) is 6.92 Å². The van der Waals surface area contributed by atoms with Crippen molar-refractivity contribution in [1.82, 2.24) is 4.98 Å². The second-order valence-electron chi connectivity index (χ2n) is 4.26. The van der Waals surface area contributed by atoms with Crippen LogP contribution < -0.4 is 10.6 Å². The molecule has 0 bridgehead atoms. The summed E-state index contributed by atoms with van der Waals surface area (Å²) in [6.45, 7) is 2.01. The van der Waals surface area contributed by atoms with Crippen molar-refractivity contribution in [2.24, 2.45) is 5.73 Å². The number of nitrogens with zero attached hydrogens (tertiary/aromatic N) is 2. The Kier molecular flexibility index (Phi) is 3.85. The van der Waals surface area contributed by atoms with Crippen molar-refractivity contribution in [3.63, 3.8) is 0 Å². The number of amidine groups is 1. The Morgan fingerprint density at radius 3 is 2.68 bits per heavy atom. The highest BCUT2D eigenvalue weighted by Gasteiger charge is 2.14. The molecule has 1 aromatic heterocycles. The average Bonchev–Trinajstić information content (AvgIpc) is 2.41. The van der Waals surface area contributed by atoms with Crippen molar-refractivity contribution in [3.8, 4) is 0 Å². The lowest BCUT2D eigenvalue weighted by Crippen LogP contribution is -2.19. The summed E-state index contributed by atoms with van der Waals surface area (Å²) in [7, 11) is 1.91. The number of rotatable bonds is 3. The molecule has 0 aliphatic rings. The first-order chi connectivity index (χ1) is 9.02. The van der Waals surface area contributed by atoms with Crippen molar-refractivity contribution in [2.75, 3.05) is 11.9 Å². The predicted molar refractivity (Wildman–Crippen MR) is 82.2 cm³/mol. The minimum absolute atomic E-state index is 0.0474. The van der Waals surface area contributed by atoms with E-state index in [2.05, 4.69) is 20.9 Å². The van der Waals surface area contributed by atoms with Gasteiger partial charge in [0.05, 0.1) is 10.2 Å². The zero-order valence-electron chi connectivity index (χ0n) is 10.8. The molecule has 0 saturated carbocycles. The molecule has 0 aliphatic heterocycles. The van der Waals surface area contributed by atoms with Gasteiger partial charge in [-0.1, -0.05) is 12.1 Å². The number of nitrogens with one attached hydrogen (secondary N) is 1. The number of nitrogens with two attached hydrogens (primary N) is 1. The van der Waals surface area contributed by atoms with Gasteiger partial charge in [-0.3, -0.25) is 5.41 Å². The molecule has 0 spiro atoms. The largest absolute Gasteiger partial charge is 0.384 e. The Balaban J connectivity index is 2.53. The third-order valence-electron chi connectivity index (χ3n) is 2.94. The molecule has 0 amide bonds. The molecule has 0 atom stereocenters. The minimum atomic E-state index is 0.0474. The molecule has 4 nitrogen and oxygen atoms in total. The maximum absolute atomic E-state index is 7.65. The maximum atomic E-state index is 7.65. The fourth-order valence-corrected chi connectivity index (χ4v) is 2.37. The summed E-state index contributed by atoms with van der Waals surface area (Å²) in [4.78, 5) is 6.31. The molecule has 1 aromatic carbocycles. The molecule has 5 heteroatoms. The fraction of sp³-hybridized carbons (Fsp3) is 0.143. The number of aromatic nitrogens is 1. The molecule has 1 heterocycles. The van der Waals surface area contributed by atoms with Gasteiger partial charge in [0.25, 0.3) is 0 Å². The van der Waals surface area contributed by atoms with Crippen LogP contribution in [0, 0.1) is 12.3 Å². The number of aryl methyl sites for hydroxylation is 1. The number of nitrogen functional groups attached to an aromatic ring is 1. The van der Waals surface area contributed by atoms with Gasteiger partial charge in [-0.2, -0.15) is 0 Å². The molecule has 2 rings (SSSR count). The third-order valence-corrected chi connectivity index (χ3v) is 3.92. The molecule has 3 N–H and O–H groups in total. The van der Waals surface area contributed by atoms with Crippen LogP contribution in [0.5, 0.6) is 0 Å². The summed E-state index contributed by atoms with van der Waals surface area (Å²) in [6.07, 6.45) is 1.77. The monoisotopic (exact) mass is 318 g/mol. The first-order valence-electron chi connectivity index (χ1n) is 5.80. The van der Waals surface area contributed by atoms with Crippen molar-refractivity contribution >= 4 is 33.3 Å². The normalized spacial score (nSPS) is 10.3. The quantitative estimate of drug-likeness (QED) is 0.674. The highest BCUT2D eigenvalue weighted by molar-refractivity contribution is 9.10. The van der Waals surface area contributed by atoms with E-state index in [9.17, 15) is 0 Å². The van der Waals surface area contributed by atoms with Gasteiger partial charge in [-0.05, 0) is 46.6 Å². The van der Waals surface area contributed by atoms with E-state index < -0.39 is 0 Å². The summed E-state index contributed by atoms with van der Waals surface area (Å²) < 4.78 is 0.941. The molecule has 2 aromatic rings. The number of hydrogen-bond donors (Lipinski definition) is 2. The van der Waals surface area contributed by atoms with E-state index in [-0.39, 0.29) is 5.84 Å². The summed E-state index contributed by atoms with van der Waals surface area (Å²) in [5.74, 6) is 0.847. The number of hydrogen-bond acceptors (Lipinski definition) is 3. The SMILES string of the molecule is Cc1ccnc(N(C)c2ccccc2C(=N)N)c1Br. The van der Waals surface area contributed by atoms with Crippen LogP contribution in [0.25, 0.3) is 0 Å². The van der Waals surface area contributed by atoms with Crippen molar-refractivity contribution in [1.29, 1.82) is 5.41 Å². The summed E-state index contributed by atoms with van der Waals surface area (Å²) in [6, 6.07) is 9.48. The van der Waals surface area contributed by atoms with E-state index >= 15 is 0 Å².